The number of benzene rings is 1. The molecule has 2 saturated heterocycles. The Hall–Kier alpha value is -1.59. The number of carbonyl (C=O) groups is 1. The minimum absolute atomic E-state index is 0.0219. The first-order chi connectivity index (χ1) is 11.7. The summed E-state index contributed by atoms with van der Waals surface area (Å²) in [5.74, 6) is 1.17. The predicted molar refractivity (Wildman–Crippen MR) is 93.3 cm³/mol. The van der Waals surface area contributed by atoms with E-state index >= 15 is 0 Å². The summed E-state index contributed by atoms with van der Waals surface area (Å²) in [4.78, 5) is 17.2. The third-order valence-electron chi connectivity index (χ3n) is 5.25. The van der Waals surface area contributed by atoms with Gasteiger partial charge in [-0.3, -0.25) is 9.69 Å². The Morgan fingerprint density at radius 2 is 1.88 bits per heavy atom. The molecular weight excluding hydrogens is 304 g/mol. The van der Waals surface area contributed by atoms with Crippen LogP contribution >= 0.6 is 0 Å². The van der Waals surface area contributed by atoms with Gasteiger partial charge in [0, 0.05) is 33.3 Å². The molecule has 0 saturated carbocycles. The molecule has 0 N–H and O–H groups in total. The highest BCUT2D eigenvalue weighted by Gasteiger charge is 2.39. The number of hydrogen-bond acceptors (Lipinski definition) is 4. The highest BCUT2D eigenvalue weighted by molar-refractivity contribution is 5.82. The van der Waals surface area contributed by atoms with Gasteiger partial charge in [-0.05, 0) is 43.4 Å². The molecule has 2 atom stereocenters. The number of methoxy groups -OCH3 is 2. The molecule has 2 aliphatic rings. The van der Waals surface area contributed by atoms with E-state index in [9.17, 15) is 4.79 Å². The van der Waals surface area contributed by atoms with Crippen LogP contribution < -0.4 is 4.74 Å². The molecule has 0 radical (unpaired) electrons. The van der Waals surface area contributed by atoms with Crippen molar-refractivity contribution in [2.24, 2.45) is 0 Å². The van der Waals surface area contributed by atoms with Crippen LogP contribution in [0, 0.1) is 0 Å². The lowest BCUT2D eigenvalue weighted by atomic mass is 10.1. The number of amides is 1. The van der Waals surface area contributed by atoms with Gasteiger partial charge in [-0.15, -0.1) is 0 Å². The van der Waals surface area contributed by atoms with Crippen molar-refractivity contribution in [3.8, 4) is 5.75 Å². The third-order valence-corrected chi connectivity index (χ3v) is 5.25. The van der Waals surface area contributed by atoms with Crippen molar-refractivity contribution < 1.29 is 14.3 Å². The van der Waals surface area contributed by atoms with Crippen LogP contribution in [-0.4, -0.2) is 68.3 Å². The Labute approximate surface area is 144 Å². The van der Waals surface area contributed by atoms with Crippen molar-refractivity contribution in [3.05, 3.63) is 29.8 Å². The van der Waals surface area contributed by atoms with Gasteiger partial charge in [-0.1, -0.05) is 12.1 Å². The topological polar surface area (TPSA) is 42.0 Å². The van der Waals surface area contributed by atoms with Gasteiger partial charge < -0.3 is 14.4 Å². The fourth-order valence-corrected chi connectivity index (χ4v) is 3.75. The van der Waals surface area contributed by atoms with Crippen molar-refractivity contribution in [1.29, 1.82) is 0 Å². The smallest absolute Gasteiger partial charge is 0.240 e. The van der Waals surface area contributed by atoms with Crippen molar-refractivity contribution in [2.45, 2.75) is 37.8 Å². The lowest BCUT2D eigenvalue weighted by Crippen LogP contribution is -2.45. The number of likely N-dealkylation sites (tertiary alicyclic amines) is 2. The van der Waals surface area contributed by atoms with Gasteiger partial charge in [0.2, 0.25) is 5.91 Å². The Bertz CT molecular complexity index is 540. The number of nitrogens with zero attached hydrogens (tertiary/aromatic N) is 2. The first kappa shape index (κ1) is 17.2. The number of carbonyl (C=O) groups excluding carboxylic acids is 1. The van der Waals surface area contributed by atoms with Crippen LogP contribution in [-0.2, 0) is 16.0 Å². The normalized spacial score (nSPS) is 24.5. The molecule has 3 rings (SSSR count). The molecule has 5 heteroatoms. The molecule has 132 valence electrons. The van der Waals surface area contributed by atoms with Crippen LogP contribution in [0.25, 0.3) is 0 Å². The van der Waals surface area contributed by atoms with Gasteiger partial charge >= 0.3 is 0 Å². The maximum Gasteiger partial charge on any atom is 0.240 e. The van der Waals surface area contributed by atoms with Crippen LogP contribution in [0.3, 0.4) is 0 Å². The Kier molecular flexibility index (Phi) is 5.74. The molecule has 1 amide bonds. The molecule has 24 heavy (non-hydrogen) atoms. The maximum atomic E-state index is 12.8. The van der Waals surface area contributed by atoms with E-state index in [1.165, 1.54) is 5.56 Å². The SMILES string of the molecule is COc1ccc(CCN2C[C@@H](OC)C[C@H]2C(=O)N2CCCC2)cc1. The molecule has 0 aromatic heterocycles. The van der Waals surface area contributed by atoms with Crippen LogP contribution in [0.15, 0.2) is 24.3 Å². The average molecular weight is 332 g/mol. The molecule has 0 spiro atoms. The molecular formula is C19H28N2O3. The quantitative estimate of drug-likeness (QED) is 0.798. The second-order valence-corrected chi connectivity index (χ2v) is 6.73. The summed E-state index contributed by atoms with van der Waals surface area (Å²) in [6.07, 6.45) is 4.19. The van der Waals surface area contributed by atoms with Crippen LogP contribution in [0.4, 0.5) is 0 Å². The highest BCUT2D eigenvalue weighted by atomic mass is 16.5. The molecule has 2 aliphatic heterocycles. The summed E-state index contributed by atoms with van der Waals surface area (Å²) in [5, 5.41) is 0. The van der Waals surface area contributed by atoms with Gasteiger partial charge in [-0.2, -0.15) is 0 Å². The Morgan fingerprint density at radius 1 is 1.17 bits per heavy atom. The minimum atomic E-state index is -0.0219. The van der Waals surface area contributed by atoms with Crippen molar-refractivity contribution in [2.75, 3.05) is 40.4 Å². The molecule has 0 unspecified atom stereocenters. The molecule has 0 aliphatic carbocycles. The number of ether oxygens (including phenoxy) is 2. The maximum absolute atomic E-state index is 12.8. The van der Waals surface area contributed by atoms with Crippen LogP contribution in [0.2, 0.25) is 0 Å². The van der Waals surface area contributed by atoms with Crippen molar-refractivity contribution in [3.63, 3.8) is 0 Å². The van der Waals surface area contributed by atoms with Crippen molar-refractivity contribution in [1.82, 2.24) is 9.80 Å². The minimum Gasteiger partial charge on any atom is -0.497 e. The summed E-state index contributed by atoms with van der Waals surface area (Å²) in [6, 6.07) is 8.15. The van der Waals surface area contributed by atoms with E-state index in [4.69, 9.17) is 9.47 Å². The summed E-state index contributed by atoms with van der Waals surface area (Å²) >= 11 is 0. The van der Waals surface area contributed by atoms with E-state index in [1.54, 1.807) is 14.2 Å². The zero-order chi connectivity index (χ0) is 16.9. The first-order valence-corrected chi connectivity index (χ1v) is 8.90. The molecule has 1 aromatic rings. The van der Waals surface area contributed by atoms with E-state index in [-0.39, 0.29) is 12.1 Å². The Balaban J connectivity index is 1.61. The predicted octanol–water partition coefficient (Wildman–Crippen LogP) is 1.95. The highest BCUT2D eigenvalue weighted by Crippen LogP contribution is 2.24. The Morgan fingerprint density at radius 3 is 2.50 bits per heavy atom. The number of hydrogen-bond donors (Lipinski definition) is 0. The molecule has 1 aromatic carbocycles. The van der Waals surface area contributed by atoms with Gasteiger partial charge in [0.15, 0.2) is 0 Å². The lowest BCUT2D eigenvalue weighted by Gasteiger charge is -2.27. The van der Waals surface area contributed by atoms with Gasteiger partial charge in [0.05, 0.1) is 19.3 Å². The summed E-state index contributed by atoms with van der Waals surface area (Å²) in [6.45, 7) is 3.56. The van der Waals surface area contributed by atoms with E-state index in [1.807, 2.05) is 17.0 Å². The van der Waals surface area contributed by atoms with E-state index in [0.29, 0.717) is 5.91 Å². The van der Waals surface area contributed by atoms with Gasteiger partial charge in [-0.25, -0.2) is 0 Å². The molecule has 2 fully saturated rings. The zero-order valence-corrected chi connectivity index (χ0v) is 14.7. The number of rotatable bonds is 6. The van der Waals surface area contributed by atoms with Crippen molar-refractivity contribution >= 4 is 5.91 Å². The fraction of sp³-hybridized carbons (Fsp3) is 0.632. The zero-order valence-electron chi connectivity index (χ0n) is 14.7. The second-order valence-electron chi connectivity index (χ2n) is 6.73. The molecule has 5 nitrogen and oxygen atoms in total. The standard InChI is InChI=1S/C19H28N2O3/c1-23-16-7-5-15(6-8-16)9-12-21-14-17(24-2)13-18(21)19(22)20-10-3-4-11-20/h5-8,17-18H,3-4,9-14H2,1-2H3/t17-,18-/m0/s1. The average Bonchev–Trinajstić information content (AvgIpc) is 3.29. The summed E-state index contributed by atoms with van der Waals surface area (Å²) < 4.78 is 10.7. The second kappa shape index (κ2) is 7.99. The van der Waals surface area contributed by atoms with Crippen LogP contribution in [0.5, 0.6) is 5.75 Å². The van der Waals surface area contributed by atoms with E-state index < -0.39 is 0 Å². The van der Waals surface area contributed by atoms with E-state index in [2.05, 4.69) is 17.0 Å². The fourth-order valence-electron chi connectivity index (χ4n) is 3.75. The lowest BCUT2D eigenvalue weighted by molar-refractivity contribution is -0.134. The molecule has 0 bridgehead atoms. The van der Waals surface area contributed by atoms with Gasteiger partial charge in [0.1, 0.15) is 5.75 Å². The van der Waals surface area contributed by atoms with E-state index in [0.717, 1.165) is 57.6 Å². The monoisotopic (exact) mass is 332 g/mol. The largest absolute Gasteiger partial charge is 0.497 e. The van der Waals surface area contributed by atoms with Gasteiger partial charge in [0.25, 0.3) is 0 Å². The first-order valence-electron chi connectivity index (χ1n) is 8.90. The third kappa shape index (κ3) is 3.90. The summed E-state index contributed by atoms with van der Waals surface area (Å²) in [5.41, 5.74) is 1.27. The summed E-state index contributed by atoms with van der Waals surface area (Å²) in [7, 11) is 3.42. The molecule has 2 heterocycles. The van der Waals surface area contributed by atoms with Crippen LogP contribution in [0.1, 0.15) is 24.8 Å².